The molecule has 11 heteroatoms. The van der Waals surface area contributed by atoms with Gasteiger partial charge in [0, 0.05) is 24.7 Å². The molecule has 2 rings (SSSR count). The number of halogens is 4. The van der Waals surface area contributed by atoms with Gasteiger partial charge in [0.15, 0.2) is 11.6 Å². The minimum atomic E-state index is -2.73. The van der Waals surface area contributed by atoms with Crippen LogP contribution in [-0.2, 0) is 4.79 Å². The molecule has 0 bridgehead atoms. The molecule has 0 spiro atoms. The van der Waals surface area contributed by atoms with Crippen LogP contribution in [-0.4, -0.2) is 29.9 Å². The highest BCUT2D eigenvalue weighted by Crippen LogP contribution is 2.24. The van der Waals surface area contributed by atoms with Gasteiger partial charge in [-0.15, -0.1) is 11.3 Å². The van der Waals surface area contributed by atoms with Crippen molar-refractivity contribution >= 4 is 34.8 Å². The van der Waals surface area contributed by atoms with E-state index < -0.39 is 29.1 Å². The average molecular weight is 434 g/mol. The Kier molecular flexibility index (Phi) is 7.82. The molecule has 2 aromatic rings. The Balaban J connectivity index is 1.69. The number of hydrogen-bond acceptors (Lipinski definition) is 5. The maximum atomic E-state index is 13.3. The van der Waals surface area contributed by atoms with Crippen molar-refractivity contribution in [1.29, 1.82) is 0 Å². The second kappa shape index (κ2) is 10.1. The number of carbonyl (C=O) groups excluding carboxylic acids is 2. The summed E-state index contributed by atoms with van der Waals surface area (Å²) in [5.41, 5.74) is 0.314. The number of alkyl halides is 2. The van der Waals surface area contributed by atoms with Crippen LogP contribution in [0.1, 0.15) is 27.5 Å². The first-order chi connectivity index (χ1) is 13.3. The molecule has 0 saturated carbocycles. The van der Waals surface area contributed by atoms with Gasteiger partial charge in [0.25, 0.3) is 18.2 Å². The molecule has 1 aromatic heterocycles. The van der Waals surface area contributed by atoms with Gasteiger partial charge in [-0.25, -0.2) is 18.2 Å². The van der Waals surface area contributed by atoms with Gasteiger partial charge >= 0.3 is 0 Å². The fourth-order valence-corrected chi connectivity index (χ4v) is 2.73. The summed E-state index contributed by atoms with van der Waals surface area (Å²) in [4.78, 5) is 27.1. The van der Waals surface area contributed by atoms with Gasteiger partial charge in [-0.05, 0) is 12.1 Å². The summed E-state index contributed by atoms with van der Waals surface area (Å²) >= 11 is 6.16. The molecule has 0 fully saturated rings. The minimum absolute atomic E-state index is 0.0593. The summed E-state index contributed by atoms with van der Waals surface area (Å²) in [6.07, 6.45) is -1.43. The number of nitrogens with zero attached hydrogens (tertiary/aromatic N) is 1. The monoisotopic (exact) mass is 433 g/mol. The largest absolute Gasteiger partial charge is 0.484 e. The molecule has 150 valence electrons. The van der Waals surface area contributed by atoms with E-state index in [0.29, 0.717) is 17.0 Å². The first-order valence-corrected chi connectivity index (χ1v) is 9.03. The van der Waals surface area contributed by atoms with Crippen LogP contribution in [0.5, 0.6) is 5.75 Å². The zero-order valence-corrected chi connectivity index (χ0v) is 15.9. The summed E-state index contributed by atoms with van der Waals surface area (Å²) in [6, 6.07) is 3.78. The SMILES string of the molecule is C=C(CCNC(=O)c1cnc(C(F)F)s1)NC(=O)COc1ccc(Cl)c(F)c1. The van der Waals surface area contributed by atoms with Crippen LogP contribution >= 0.6 is 22.9 Å². The summed E-state index contributed by atoms with van der Waals surface area (Å²) in [5.74, 6) is -1.59. The molecule has 0 saturated heterocycles. The molecular formula is C17H15ClF3N3O3S. The van der Waals surface area contributed by atoms with Gasteiger partial charge in [0.1, 0.15) is 16.4 Å². The molecule has 0 aliphatic carbocycles. The van der Waals surface area contributed by atoms with Crippen LogP contribution in [0.2, 0.25) is 5.02 Å². The summed E-state index contributed by atoms with van der Waals surface area (Å²) in [6.45, 7) is 3.40. The molecule has 1 heterocycles. The van der Waals surface area contributed by atoms with E-state index in [9.17, 15) is 22.8 Å². The van der Waals surface area contributed by atoms with Crippen LogP contribution in [0.3, 0.4) is 0 Å². The highest BCUT2D eigenvalue weighted by atomic mass is 35.5. The predicted molar refractivity (Wildman–Crippen MR) is 98.2 cm³/mol. The lowest BCUT2D eigenvalue weighted by Gasteiger charge is -2.10. The van der Waals surface area contributed by atoms with Crippen LogP contribution in [0.15, 0.2) is 36.7 Å². The van der Waals surface area contributed by atoms with Crippen LogP contribution in [0.4, 0.5) is 13.2 Å². The summed E-state index contributed by atoms with van der Waals surface area (Å²) in [7, 11) is 0. The highest BCUT2D eigenvalue weighted by Gasteiger charge is 2.16. The second-order valence-electron chi connectivity index (χ2n) is 5.39. The molecule has 0 radical (unpaired) electrons. The Hall–Kier alpha value is -2.59. The number of benzene rings is 1. The van der Waals surface area contributed by atoms with Crippen molar-refractivity contribution in [3.8, 4) is 5.75 Å². The summed E-state index contributed by atoms with van der Waals surface area (Å²) < 4.78 is 43.3. The van der Waals surface area contributed by atoms with Gasteiger partial charge in [-0.3, -0.25) is 9.59 Å². The molecule has 0 atom stereocenters. The van der Waals surface area contributed by atoms with Crippen molar-refractivity contribution in [2.45, 2.75) is 12.8 Å². The number of amides is 2. The fourth-order valence-electron chi connectivity index (χ4n) is 1.92. The standard InChI is InChI=1S/C17H15ClF3N3O3S/c1-9(4-5-22-16(26)13-7-23-17(28-13)15(20)21)24-14(25)8-27-10-2-3-11(18)12(19)6-10/h2-3,6-7,15H,1,4-5,8H2,(H,22,26)(H,24,25). The quantitative estimate of drug-likeness (QED) is 0.632. The van der Waals surface area contributed by atoms with E-state index in [1.807, 2.05) is 0 Å². The Morgan fingerprint density at radius 2 is 2.11 bits per heavy atom. The maximum Gasteiger partial charge on any atom is 0.289 e. The lowest BCUT2D eigenvalue weighted by atomic mass is 10.3. The lowest BCUT2D eigenvalue weighted by Crippen LogP contribution is -2.30. The van der Waals surface area contributed by atoms with Crippen LogP contribution in [0.25, 0.3) is 0 Å². The molecule has 0 aliphatic heterocycles. The smallest absolute Gasteiger partial charge is 0.289 e. The third kappa shape index (κ3) is 6.54. The lowest BCUT2D eigenvalue weighted by molar-refractivity contribution is -0.122. The average Bonchev–Trinajstić information content (AvgIpc) is 3.13. The van der Waals surface area contributed by atoms with Crippen LogP contribution < -0.4 is 15.4 Å². The number of carbonyl (C=O) groups is 2. The predicted octanol–water partition coefficient (Wildman–Crippen LogP) is 3.70. The molecular weight excluding hydrogens is 419 g/mol. The molecule has 1 aromatic carbocycles. The van der Waals surface area contributed by atoms with Gasteiger partial charge < -0.3 is 15.4 Å². The first kappa shape index (κ1) is 21.7. The van der Waals surface area contributed by atoms with E-state index in [1.165, 1.54) is 12.1 Å². The zero-order valence-electron chi connectivity index (χ0n) is 14.3. The van der Waals surface area contributed by atoms with Crippen molar-refractivity contribution < 1.29 is 27.5 Å². The van der Waals surface area contributed by atoms with Crippen molar-refractivity contribution in [2.24, 2.45) is 0 Å². The zero-order chi connectivity index (χ0) is 20.7. The third-order valence-electron chi connectivity index (χ3n) is 3.22. The summed E-state index contributed by atoms with van der Waals surface area (Å²) in [5, 5.41) is 4.50. The molecule has 28 heavy (non-hydrogen) atoms. The van der Waals surface area contributed by atoms with Gasteiger partial charge in [-0.1, -0.05) is 18.2 Å². The number of rotatable bonds is 9. The Bertz CT molecular complexity index is 876. The minimum Gasteiger partial charge on any atom is -0.484 e. The number of nitrogens with one attached hydrogen (secondary N) is 2. The van der Waals surface area contributed by atoms with Gasteiger partial charge in [-0.2, -0.15) is 0 Å². The molecule has 0 unspecified atom stereocenters. The number of hydrogen-bond donors (Lipinski definition) is 2. The molecule has 2 N–H and O–H groups in total. The fraction of sp³-hybridized carbons (Fsp3) is 0.235. The first-order valence-electron chi connectivity index (χ1n) is 7.84. The van der Waals surface area contributed by atoms with E-state index in [2.05, 4.69) is 22.2 Å². The third-order valence-corrected chi connectivity index (χ3v) is 4.53. The topological polar surface area (TPSA) is 80.3 Å². The number of thiazole rings is 1. The van der Waals surface area contributed by atoms with Gasteiger partial charge in [0.2, 0.25) is 0 Å². The van der Waals surface area contributed by atoms with Crippen molar-refractivity contribution in [3.05, 3.63) is 57.4 Å². The molecule has 6 nitrogen and oxygen atoms in total. The van der Waals surface area contributed by atoms with Gasteiger partial charge in [0.05, 0.1) is 11.2 Å². The molecule has 0 aliphatic rings. The van der Waals surface area contributed by atoms with Crippen molar-refractivity contribution in [3.63, 3.8) is 0 Å². The maximum absolute atomic E-state index is 13.3. The van der Waals surface area contributed by atoms with E-state index in [0.717, 1.165) is 12.3 Å². The Labute approximate surface area is 167 Å². The molecule has 2 amide bonds. The Morgan fingerprint density at radius 3 is 2.75 bits per heavy atom. The van der Waals surface area contributed by atoms with E-state index >= 15 is 0 Å². The Morgan fingerprint density at radius 1 is 1.36 bits per heavy atom. The second-order valence-corrected chi connectivity index (χ2v) is 6.86. The van der Waals surface area contributed by atoms with E-state index in [1.54, 1.807) is 0 Å². The number of ether oxygens (including phenoxy) is 1. The van der Waals surface area contributed by atoms with Crippen molar-refractivity contribution in [2.75, 3.05) is 13.2 Å². The van der Waals surface area contributed by atoms with Crippen molar-refractivity contribution in [1.82, 2.24) is 15.6 Å². The normalized spacial score (nSPS) is 10.6. The van der Waals surface area contributed by atoms with E-state index in [4.69, 9.17) is 16.3 Å². The van der Waals surface area contributed by atoms with Crippen LogP contribution in [0, 0.1) is 5.82 Å². The number of aromatic nitrogens is 1. The highest BCUT2D eigenvalue weighted by molar-refractivity contribution is 7.13. The van der Waals surface area contributed by atoms with E-state index in [-0.39, 0.29) is 35.2 Å².